The van der Waals surface area contributed by atoms with Crippen LogP contribution in [0.25, 0.3) is 0 Å². The Balaban J connectivity index is 1.76. The summed E-state index contributed by atoms with van der Waals surface area (Å²) in [5, 5.41) is 2.94. The molecule has 8 heteroatoms. The Bertz CT molecular complexity index is 1020. The van der Waals surface area contributed by atoms with Gasteiger partial charge in [0.15, 0.2) is 0 Å². The number of hydrogen-bond donors (Lipinski definition) is 2. The lowest BCUT2D eigenvalue weighted by Gasteiger charge is -2.25. The maximum Gasteiger partial charge on any atom is 0.251 e. The lowest BCUT2D eigenvalue weighted by Crippen LogP contribution is -2.34. The minimum absolute atomic E-state index is 0.00663. The highest BCUT2D eigenvalue weighted by Crippen LogP contribution is 2.28. The number of sulfonamides is 1. The predicted octanol–water partition coefficient (Wildman–Crippen LogP) is 2.73. The first-order chi connectivity index (χ1) is 14.7. The van der Waals surface area contributed by atoms with E-state index < -0.39 is 10.0 Å². The maximum atomic E-state index is 12.8. The summed E-state index contributed by atoms with van der Waals surface area (Å²) in [5.41, 5.74) is 2.64. The standard InChI is InChI=1S/C23H31N3O4S/c1-5-16-6-8-17(9-7-16)20(26(2)3)15-24-23(27)18-10-13-21(30-4)22(14-18)31(28,29)25-19-11-12-19/h6-10,13-14,19-20,25H,5,11-12,15H2,1-4H3,(H,24,27). The number of rotatable bonds is 10. The number of amides is 1. The molecule has 2 aromatic rings. The van der Waals surface area contributed by atoms with Crippen molar-refractivity contribution >= 4 is 15.9 Å². The van der Waals surface area contributed by atoms with Gasteiger partial charge in [0, 0.05) is 18.2 Å². The van der Waals surface area contributed by atoms with Gasteiger partial charge in [-0.25, -0.2) is 13.1 Å². The van der Waals surface area contributed by atoms with Crippen LogP contribution in [0.5, 0.6) is 5.75 Å². The van der Waals surface area contributed by atoms with E-state index in [1.807, 2.05) is 19.0 Å². The maximum absolute atomic E-state index is 12.8. The van der Waals surface area contributed by atoms with Gasteiger partial charge in [-0.15, -0.1) is 0 Å². The van der Waals surface area contributed by atoms with Crippen LogP contribution in [0.15, 0.2) is 47.4 Å². The molecule has 2 aromatic carbocycles. The van der Waals surface area contributed by atoms with Gasteiger partial charge in [0.05, 0.1) is 13.2 Å². The minimum Gasteiger partial charge on any atom is -0.495 e. The lowest BCUT2D eigenvalue weighted by molar-refractivity contribution is 0.0941. The summed E-state index contributed by atoms with van der Waals surface area (Å²) in [6, 6.07) is 12.8. The highest BCUT2D eigenvalue weighted by atomic mass is 32.2. The molecular formula is C23H31N3O4S. The summed E-state index contributed by atoms with van der Waals surface area (Å²) in [7, 11) is 1.59. The summed E-state index contributed by atoms with van der Waals surface area (Å²) in [6.45, 7) is 2.51. The third kappa shape index (κ3) is 5.84. The van der Waals surface area contributed by atoms with Crippen molar-refractivity contribution in [1.29, 1.82) is 0 Å². The van der Waals surface area contributed by atoms with E-state index in [2.05, 4.69) is 41.2 Å². The summed E-state index contributed by atoms with van der Waals surface area (Å²) in [4.78, 5) is 14.9. The van der Waals surface area contributed by atoms with E-state index in [9.17, 15) is 13.2 Å². The van der Waals surface area contributed by atoms with Crippen LogP contribution >= 0.6 is 0 Å². The van der Waals surface area contributed by atoms with Crippen molar-refractivity contribution in [3.63, 3.8) is 0 Å². The van der Waals surface area contributed by atoms with Crippen LogP contribution in [0, 0.1) is 0 Å². The van der Waals surface area contributed by atoms with Crippen molar-refractivity contribution in [3.05, 3.63) is 59.2 Å². The van der Waals surface area contributed by atoms with Gasteiger partial charge in [-0.1, -0.05) is 31.2 Å². The first-order valence-corrected chi connectivity index (χ1v) is 12.0. The number of nitrogens with one attached hydrogen (secondary N) is 2. The Morgan fingerprint density at radius 1 is 1.16 bits per heavy atom. The highest BCUT2D eigenvalue weighted by molar-refractivity contribution is 7.89. The molecule has 1 atom stereocenters. The van der Waals surface area contributed by atoms with Gasteiger partial charge in [0.1, 0.15) is 10.6 Å². The number of aryl methyl sites for hydroxylation is 1. The minimum atomic E-state index is -3.75. The number of likely N-dealkylation sites (N-methyl/N-ethyl adjacent to an activating group) is 1. The normalized spacial score (nSPS) is 15.0. The molecule has 0 aliphatic heterocycles. The van der Waals surface area contributed by atoms with E-state index in [4.69, 9.17) is 4.74 Å². The van der Waals surface area contributed by atoms with Crippen molar-refractivity contribution in [2.75, 3.05) is 27.7 Å². The Morgan fingerprint density at radius 3 is 2.39 bits per heavy atom. The van der Waals surface area contributed by atoms with Crippen molar-refractivity contribution in [2.24, 2.45) is 0 Å². The molecule has 1 fully saturated rings. The van der Waals surface area contributed by atoms with Gasteiger partial charge < -0.3 is 15.0 Å². The molecule has 7 nitrogen and oxygen atoms in total. The number of ether oxygens (including phenoxy) is 1. The highest BCUT2D eigenvalue weighted by Gasteiger charge is 2.30. The summed E-state index contributed by atoms with van der Waals surface area (Å²) in [5.74, 6) is -0.116. The van der Waals surface area contributed by atoms with E-state index in [0.29, 0.717) is 6.54 Å². The fraction of sp³-hybridized carbons (Fsp3) is 0.435. The van der Waals surface area contributed by atoms with Gasteiger partial charge in [0.25, 0.3) is 5.91 Å². The van der Waals surface area contributed by atoms with Crippen LogP contribution < -0.4 is 14.8 Å². The van der Waals surface area contributed by atoms with E-state index in [0.717, 1.165) is 24.8 Å². The van der Waals surface area contributed by atoms with E-state index in [-0.39, 0.29) is 34.2 Å². The Morgan fingerprint density at radius 2 is 1.84 bits per heavy atom. The third-order valence-corrected chi connectivity index (χ3v) is 7.01. The first kappa shape index (κ1) is 23.2. The van der Waals surface area contributed by atoms with Crippen molar-refractivity contribution in [2.45, 2.75) is 43.2 Å². The number of benzene rings is 2. The summed E-state index contributed by atoms with van der Waals surface area (Å²) < 4.78 is 33.3. The fourth-order valence-electron chi connectivity index (χ4n) is 3.38. The Hall–Kier alpha value is -2.42. The molecule has 0 bridgehead atoms. The molecule has 1 saturated carbocycles. The number of carbonyl (C=O) groups excluding carboxylic acids is 1. The molecule has 168 valence electrons. The quantitative estimate of drug-likeness (QED) is 0.587. The molecule has 0 radical (unpaired) electrons. The number of nitrogens with zero attached hydrogens (tertiary/aromatic N) is 1. The van der Waals surface area contributed by atoms with Crippen LogP contribution in [0.4, 0.5) is 0 Å². The smallest absolute Gasteiger partial charge is 0.251 e. The molecule has 1 aliphatic carbocycles. The number of carbonyl (C=O) groups is 1. The SMILES string of the molecule is CCc1ccc(C(CNC(=O)c2ccc(OC)c(S(=O)(=O)NC3CC3)c2)N(C)C)cc1. The molecule has 0 spiro atoms. The van der Waals surface area contributed by atoms with Gasteiger partial charge in [0.2, 0.25) is 10.0 Å². The van der Waals surface area contributed by atoms with Crippen LogP contribution in [-0.4, -0.2) is 53.0 Å². The second kappa shape index (κ2) is 9.80. The molecular weight excluding hydrogens is 414 g/mol. The molecule has 3 rings (SSSR count). The summed E-state index contributed by atoms with van der Waals surface area (Å²) in [6.07, 6.45) is 2.63. The Kier molecular flexibility index (Phi) is 7.35. The van der Waals surface area contributed by atoms with Gasteiger partial charge in [-0.2, -0.15) is 0 Å². The average molecular weight is 446 g/mol. The third-order valence-electron chi connectivity index (χ3n) is 5.47. The second-order valence-corrected chi connectivity index (χ2v) is 9.73. The van der Waals surface area contributed by atoms with E-state index in [1.165, 1.54) is 24.8 Å². The monoisotopic (exact) mass is 445 g/mol. The molecule has 1 unspecified atom stereocenters. The molecule has 1 amide bonds. The van der Waals surface area contributed by atoms with E-state index >= 15 is 0 Å². The number of methoxy groups -OCH3 is 1. The zero-order chi connectivity index (χ0) is 22.6. The predicted molar refractivity (Wildman–Crippen MR) is 121 cm³/mol. The van der Waals surface area contributed by atoms with Crippen molar-refractivity contribution in [3.8, 4) is 5.75 Å². The van der Waals surface area contributed by atoms with Gasteiger partial charge in [-0.3, -0.25) is 4.79 Å². The summed E-state index contributed by atoms with van der Waals surface area (Å²) >= 11 is 0. The van der Waals surface area contributed by atoms with E-state index in [1.54, 1.807) is 6.07 Å². The van der Waals surface area contributed by atoms with Crippen LogP contribution in [0.2, 0.25) is 0 Å². The lowest BCUT2D eigenvalue weighted by atomic mass is 10.0. The van der Waals surface area contributed by atoms with Crippen LogP contribution in [0.3, 0.4) is 0 Å². The van der Waals surface area contributed by atoms with Gasteiger partial charge >= 0.3 is 0 Å². The zero-order valence-electron chi connectivity index (χ0n) is 18.5. The largest absolute Gasteiger partial charge is 0.495 e. The molecule has 31 heavy (non-hydrogen) atoms. The topological polar surface area (TPSA) is 87.7 Å². The van der Waals surface area contributed by atoms with Crippen molar-refractivity contribution < 1.29 is 17.9 Å². The molecule has 0 heterocycles. The van der Waals surface area contributed by atoms with Crippen LogP contribution in [-0.2, 0) is 16.4 Å². The number of hydrogen-bond acceptors (Lipinski definition) is 5. The van der Waals surface area contributed by atoms with Gasteiger partial charge in [-0.05, 0) is 62.7 Å². The first-order valence-electron chi connectivity index (χ1n) is 10.5. The molecule has 0 saturated heterocycles. The molecule has 1 aliphatic rings. The second-order valence-electron chi connectivity index (χ2n) is 8.05. The zero-order valence-corrected chi connectivity index (χ0v) is 19.3. The molecule has 2 N–H and O–H groups in total. The Labute approximate surface area is 184 Å². The fourth-order valence-corrected chi connectivity index (χ4v) is 4.88. The average Bonchev–Trinajstić information content (AvgIpc) is 3.56. The van der Waals surface area contributed by atoms with Crippen LogP contribution in [0.1, 0.15) is 47.3 Å². The van der Waals surface area contributed by atoms with Crippen molar-refractivity contribution in [1.82, 2.24) is 14.9 Å². The molecule has 0 aromatic heterocycles.